The second-order valence-electron chi connectivity index (χ2n) is 5.11. The van der Waals surface area contributed by atoms with Crippen molar-refractivity contribution in [2.45, 2.75) is 22.9 Å². The molecule has 0 spiro atoms. The molecule has 0 saturated carbocycles. The third-order valence-electron chi connectivity index (χ3n) is 3.25. The van der Waals surface area contributed by atoms with Crippen LogP contribution < -0.4 is 5.32 Å². The summed E-state index contributed by atoms with van der Waals surface area (Å²) in [6, 6.07) is 5.98. The van der Waals surface area contributed by atoms with Crippen molar-refractivity contribution in [1.29, 1.82) is 0 Å². The van der Waals surface area contributed by atoms with E-state index in [2.05, 4.69) is 5.32 Å². The Balaban J connectivity index is 2.10. The molecule has 0 fully saturated rings. The molecule has 1 aromatic heterocycles. The van der Waals surface area contributed by atoms with Gasteiger partial charge in [-0.25, -0.2) is 8.42 Å². The van der Waals surface area contributed by atoms with E-state index in [-0.39, 0.29) is 6.54 Å². The Kier molecular flexibility index (Phi) is 4.74. The van der Waals surface area contributed by atoms with Gasteiger partial charge >= 0.3 is 5.51 Å². The Morgan fingerprint density at radius 2 is 1.78 bits per heavy atom. The molecule has 0 bridgehead atoms. The van der Waals surface area contributed by atoms with Crippen LogP contribution in [0.25, 0.3) is 0 Å². The molecule has 0 saturated heterocycles. The first-order chi connectivity index (χ1) is 10.5. The molecule has 4 nitrogen and oxygen atoms in total. The number of rotatable bonds is 5. The van der Waals surface area contributed by atoms with Gasteiger partial charge in [-0.2, -0.15) is 24.5 Å². The lowest BCUT2D eigenvalue weighted by atomic mass is 9.99. The maximum absolute atomic E-state index is 12.4. The summed E-state index contributed by atoms with van der Waals surface area (Å²) >= 11 is 1.43. The fourth-order valence-electron chi connectivity index (χ4n) is 1.83. The van der Waals surface area contributed by atoms with Crippen LogP contribution in [0, 0.1) is 0 Å². The van der Waals surface area contributed by atoms with Crippen LogP contribution in [0.3, 0.4) is 0 Å². The van der Waals surface area contributed by atoms with Crippen molar-refractivity contribution in [2.24, 2.45) is 0 Å². The minimum Gasteiger partial charge on any atom is -0.384 e. The predicted molar refractivity (Wildman–Crippen MR) is 82.1 cm³/mol. The molecule has 1 aromatic carbocycles. The Hall–Kier alpha value is -1.58. The molecule has 2 rings (SSSR count). The minimum atomic E-state index is -5.35. The maximum Gasteiger partial charge on any atom is 0.501 e. The number of thiophene rings is 1. The molecule has 9 heteroatoms. The summed E-state index contributed by atoms with van der Waals surface area (Å²) in [6.07, 6.45) is 0. The lowest BCUT2D eigenvalue weighted by Gasteiger charge is -2.23. The number of sulfone groups is 1. The van der Waals surface area contributed by atoms with Crippen LogP contribution in [0.5, 0.6) is 0 Å². The molecule has 1 unspecified atom stereocenters. The van der Waals surface area contributed by atoms with Crippen LogP contribution in [-0.4, -0.2) is 25.6 Å². The third kappa shape index (κ3) is 3.85. The summed E-state index contributed by atoms with van der Waals surface area (Å²) in [6.45, 7) is 1.72. The molecular formula is C14H14F3NO3S2. The Bertz CT molecular complexity index is 752. The summed E-state index contributed by atoms with van der Waals surface area (Å²) < 4.78 is 59.8. The Morgan fingerprint density at radius 3 is 2.26 bits per heavy atom. The van der Waals surface area contributed by atoms with Gasteiger partial charge in [0, 0.05) is 12.2 Å². The monoisotopic (exact) mass is 365 g/mol. The highest BCUT2D eigenvalue weighted by atomic mass is 32.2. The fourth-order valence-corrected chi connectivity index (χ4v) is 3.38. The summed E-state index contributed by atoms with van der Waals surface area (Å²) in [5, 5.41) is 16.8. The van der Waals surface area contributed by atoms with Crippen molar-refractivity contribution >= 4 is 26.9 Å². The highest BCUT2D eigenvalue weighted by Gasteiger charge is 2.46. The largest absolute Gasteiger partial charge is 0.501 e. The summed E-state index contributed by atoms with van der Waals surface area (Å²) in [5.74, 6) is 0. The number of aliphatic hydroxyl groups is 1. The SMILES string of the molecule is CC(O)(CNc1ccc(S(=O)(=O)C(F)(F)F)cc1)c1ccsc1. The van der Waals surface area contributed by atoms with E-state index in [1.165, 1.54) is 23.5 Å². The van der Waals surface area contributed by atoms with Crippen molar-refractivity contribution in [2.75, 3.05) is 11.9 Å². The molecule has 126 valence electrons. The predicted octanol–water partition coefficient (Wildman–Crippen LogP) is 3.36. The van der Waals surface area contributed by atoms with Crippen LogP contribution in [0.2, 0.25) is 0 Å². The first-order valence-corrected chi connectivity index (χ1v) is 8.87. The average Bonchev–Trinajstić information content (AvgIpc) is 2.99. The average molecular weight is 365 g/mol. The van der Waals surface area contributed by atoms with Crippen molar-refractivity contribution in [3.05, 3.63) is 46.7 Å². The van der Waals surface area contributed by atoms with E-state index in [9.17, 15) is 26.7 Å². The van der Waals surface area contributed by atoms with Gasteiger partial charge in [0.15, 0.2) is 0 Å². The lowest BCUT2D eigenvalue weighted by Crippen LogP contribution is -2.30. The maximum atomic E-state index is 12.4. The number of benzene rings is 1. The summed E-state index contributed by atoms with van der Waals surface area (Å²) in [4.78, 5) is -0.819. The summed E-state index contributed by atoms with van der Waals surface area (Å²) in [7, 11) is -5.35. The lowest BCUT2D eigenvalue weighted by molar-refractivity contribution is -0.0436. The van der Waals surface area contributed by atoms with E-state index in [1.807, 2.05) is 5.38 Å². The fraction of sp³-hybridized carbons (Fsp3) is 0.286. The van der Waals surface area contributed by atoms with Gasteiger partial charge in [-0.05, 0) is 53.6 Å². The molecule has 0 aliphatic heterocycles. The molecule has 0 aliphatic carbocycles. The second kappa shape index (κ2) is 6.14. The van der Waals surface area contributed by atoms with E-state index in [1.54, 1.807) is 18.4 Å². The Morgan fingerprint density at radius 1 is 1.17 bits per heavy atom. The van der Waals surface area contributed by atoms with Gasteiger partial charge in [0.2, 0.25) is 0 Å². The van der Waals surface area contributed by atoms with E-state index < -0.39 is 25.8 Å². The van der Waals surface area contributed by atoms with Gasteiger partial charge in [0.25, 0.3) is 9.84 Å². The molecule has 2 N–H and O–H groups in total. The zero-order chi connectivity index (χ0) is 17.3. The van der Waals surface area contributed by atoms with Crippen LogP contribution in [0.1, 0.15) is 12.5 Å². The van der Waals surface area contributed by atoms with Crippen molar-refractivity contribution < 1.29 is 26.7 Å². The topological polar surface area (TPSA) is 66.4 Å². The van der Waals surface area contributed by atoms with Crippen molar-refractivity contribution in [3.8, 4) is 0 Å². The molecule has 0 aliphatic rings. The second-order valence-corrected chi connectivity index (χ2v) is 7.83. The number of halogens is 3. The zero-order valence-corrected chi connectivity index (χ0v) is 13.6. The third-order valence-corrected chi connectivity index (χ3v) is 5.43. The van der Waals surface area contributed by atoms with E-state index in [0.29, 0.717) is 11.3 Å². The number of hydrogen-bond acceptors (Lipinski definition) is 5. The van der Waals surface area contributed by atoms with E-state index in [0.717, 1.165) is 12.1 Å². The number of hydrogen-bond donors (Lipinski definition) is 2. The molecule has 23 heavy (non-hydrogen) atoms. The van der Waals surface area contributed by atoms with Crippen LogP contribution >= 0.6 is 11.3 Å². The highest BCUT2D eigenvalue weighted by Crippen LogP contribution is 2.31. The molecule has 1 atom stereocenters. The minimum absolute atomic E-state index is 0.120. The van der Waals surface area contributed by atoms with Crippen molar-refractivity contribution in [1.82, 2.24) is 0 Å². The quantitative estimate of drug-likeness (QED) is 0.853. The normalized spacial score (nSPS) is 15.2. The van der Waals surface area contributed by atoms with Gasteiger partial charge in [-0.3, -0.25) is 0 Å². The van der Waals surface area contributed by atoms with Gasteiger partial charge in [0.1, 0.15) is 5.60 Å². The van der Waals surface area contributed by atoms with Gasteiger partial charge in [-0.15, -0.1) is 0 Å². The highest BCUT2D eigenvalue weighted by molar-refractivity contribution is 7.92. The van der Waals surface area contributed by atoms with Gasteiger partial charge in [0.05, 0.1) is 4.90 Å². The van der Waals surface area contributed by atoms with Gasteiger partial charge < -0.3 is 10.4 Å². The van der Waals surface area contributed by atoms with Crippen LogP contribution in [0.4, 0.5) is 18.9 Å². The number of alkyl halides is 3. The Labute approximate surface area is 135 Å². The molecule has 0 radical (unpaired) electrons. The number of nitrogens with one attached hydrogen (secondary N) is 1. The van der Waals surface area contributed by atoms with E-state index in [4.69, 9.17) is 0 Å². The van der Waals surface area contributed by atoms with Crippen LogP contribution in [-0.2, 0) is 15.4 Å². The first-order valence-electron chi connectivity index (χ1n) is 6.44. The molecule has 0 amide bonds. The van der Waals surface area contributed by atoms with Crippen molar-refractivity contribution in [3.63, 3.8) is 0 Å². The summed E-state index contributed by atoms with van der Waals surface area (Å²) in [5.41, 5.74) is -5.37. The van der Waals surface area contributed by atoms with Crippen LogP contribution in [0.15, 0.2) is 46.0 Å². The van der Waals surface area contributed by atoms with Gasteiger partial charge in [-0.1, -0.05) is 0 Å². The first kappa shape index (κ1) is 17.8. The smallest absolute Gasteiger partial charge is 0.384 e. The zero-order valence-electron chi connectivity index (χ0n) is 12.0. The molecular weight excluding hydrogens is 351 g/mol. The number of anilines is 1. The van der Waals surface area contributed by atoms with E-state index >= 15 is 0 Å². The standard InChI is InChI=1S/C14H14F3NO3S2/c1-13(19,10-6-7-22-8-10)9-18-11-2-4-12(5-3-11)23(20,21)14(15,16)17/h2-8,18-19H,9H2,1H3. The molecule has 1 heterocycles. The molecule has 2 aromatic rings.